The van der Waals surface area contributed by atoms with Crippen molar-refractivity contribution in [2.45, 2.75) is 20.8 Å². The zero-order valence-electron chi connectivity index (χ0n) is 14.2. The van der Waals surface area contributed by atoms with E-state index in [0.29, 0.717) is 0 Å². The molecule has 0 saturated carbocycles. The summed E-state index contributed by atoms with van der Waals surface area (Å²) in [5.74, 6) is 0. The molecule has 0 atom stereocenters. The average Bonchev–Trinajstić information content (AvgIpc) is 2.56. The first-order chi connectivity index (χ1) is 11.6. The minimum atomic E-state index is 1.03. The van der Waals surface area contributed by atoms with Gasteiger partial charge in [0, 0.05) is 27.8 Å². The first-order valence-corrected chi connectivity index (χ1v) is 8.25. The Morgan fingerprint density at radius 2 is 1.54 bits per heavy atom. The number of aryl methyl sites for hydroxylation is 3. The van der Waals surface area contributed by atoms with Crippen molar-refractivity contribution in [3.63, 3.8) is 0 Å². The van der Waals surface area contributed by atoms with Gasteiger partial charge in [-0.05, 0) is 49.9 Å². The summed E-state index contributed by atoms with van der Waals surface area (Å²) in [5.41, 5.74) is 6.81. The number of hydrogen-bond acceptors (Lipinski definition) is 2. The van der Waals surface area contributed by atoms with E-state index in [1.165, 1.54) is 27.3 Å². The Morgan fingerprint density at radius 1 is 0.750 bits per heavy atom. The van der Waals surface area contributed by atoms with Crippen molar-refractivity contribution in [2.75, 3.05) is 5.32 Å². The van der Waals surface area contributed by atoms with Crippen LogP contribution in [-0.4, -0.2) is 4.98 Å². The van der Waals surface area contributed by atoms with Crippen LogP contribution in [-0.2, 0) is 0 Å². The molecule has 2 nitrogen and oxygen atoms in total. The summed E-state index contributed by atoms with van der Waals surface area (Å²) in [6.45, 7) is 6.31. The van der Waals surface area contributed by atoms with Crippen LogP contribution < -0.4 is 5.32 Å². The highest BCUT2D eigenvalue weighted by Gasteiger charge is 2.09. The molecular weight excluding hydrogens is 292 g/mol. The molecule has 118 valence electrons. The number of nitrogens with one attached hydrogen (secondary N) is 1. The number of rotatable bonds is 2. The third kappa shape index (κ3) is 2.50. The molecule has 1 aromatic heterocycles. The molecule has 0 radical (unpaired) electrons. The Kier molecular flexibility index (Phi) is 3.46. The summed E-state index contributed by atoms with van der Waals surface area (Å²) in [4.78, 5) is 4.74. The van der Waals surface area contributed by atoms with E-state index in [4.69, 9.17) is 4.98 Å². The van der Waals surface area contributed by atoms with Crippen LogP contribution in [0.1, 0.15) is 16.8 Å². The van der Waals surface area contributed by atoms with Gasteiger partial charge in [0.25, 0.3) is 0 Å². The minimum Gasteiger partial charge on any atom is -0.354 e. The summed E-state index contributed by atoms with van der Waals surface area (Å²) < 4.78 is 0. The van der Waals surface area contributed by atoms with Gasteiger partial charge in [0.1, 0.15) is 0 Å². The van der Waals surface area contributed by atoms with Gasteiger partial charge in [-0.25, -0.2) is 0 Å². The van der Waals surface area contributed by atoms with Crippen LogP contribution >= 0.6 is 0 Å². The van der Waals surface area contributed by atoms with Gasteiger partial charge in [-0.3, -0.25) is 4.98 Å². The molecule has 4 aromatic rings. The third-order valence-corrected chi connectivity index (χ3v) is 4.44. The Balaban J connectivity index is 1.93. The molecule has 0 saturated heterocycles. The number of pyridine rings is 1. The zero-order valence-corrected chi connectivity index (χ0v) is 14.2. The molecule has 0 unspecified atom stereocenters. The molecule has 1 N–H and O–H groups in total. The van der Waals surface area contributed by atoms with Crippen molar-refractivity contribution in [1.82, 2.24) is 4.98 Å². The van der Waals surface area contributed by atoms with Crippen LogP contribution in [0, 0.1) is 20.8 Å². The van der Waals surface area contributed by atoms with E-state index >= 15 is 0 Å². The number of hydrogen-bond donors (Lipinski definition) is 1. The summed E-state index contributed by atoms with van der Waals surface area (Å²) in [6.07, 6.45) is 0. The zero-order chi connectivity index (χ0) is 16.7. The van der Waals surface area contributed by atoms with E-state index in [9.17, 15) is 0 Å². The molecule has 0 aliphatic carbocycles. The normalized spacial score (nSPS) is 11.1. The lowest BCUT2D eigenvalue weighted by molar-refractivity contribution is 1.23. The van der Waals surface area contributed by atoms with Crippen molar-refractivity contribution in [2.24, 2.45) is 0 Å². The molecule has 0 fully saturated rings. The summed E-state index contributed by atoms with van der Waals surface area (Å²) in [7, 11) is 0. The van der Waals surface area contributed by atoms with E-state index in [1.54, 1.807) is 0 Å². The Hall–Kier alpha value is -2.87. The molecule has 0 bridgehead atoms. The van der Waals surface area contributed by atoms with E-state index < -0.39 is 0 Å². The van der Waals surface area contributed by atoms with E-state index in [0.717, 1.165) is 22.6 Å². The van der Waals surface area contributed by atoms with Gasteiger partial charge >= 0.3 is 0 Å². The fourth-order valence-corrected chi connectivity index (χ4v) is 3.39. The van der Waals surface area contributed by atoms with Gasteiger partial charge in [-0.1, -0.05) is 48.0 Å². The van der Waals surface area contributed by atoms with Gasteiger partial charge in [-0.15, -0.1) is 0 Å². The van der Waals surface area contributed by atoms with Crippen LogP contribution in [0.5, 0.6) is 0 Å². The van der Waals surface area contributed by atoms with Gasteiger partial charge in [0.2, 0.25) is 0 Å². The molecule has 1 heterocycles. The molecular formula is C22H20N2. The van der Waals surface area contributed by atoms with E-state index in [1.807, 2.05) is 6.92 Å². The molecule has 0 spiro atoms. The number of anilines is 2. The maximum atomic E-state index is 4.74. The van der Waals surface area contributed by atoms with Crippen LogP contribution in [0.15, 0.2) is 60.7 Å². The van der Waals surface area contributed by atoms with Gasteiger partial charge in [0.15, 0.2) is 0 Å². The first kappa shape index (κ1) is 14.7. The molecule has 24 heavy (non-hydrogen) atoms. The van der Waals surface area contributed by atoms with Crippen molar-refractivity contribution >= 4 is 33.1 Å². The predicted molar refractivity (Wildman–Crippen MR) is 103 cm³/mol. The second-order valence-corrected chi connectivity index (χ2v) is 6.44. The molecule has 0 aliphatic rings. The van der Waals surface area contributed by atoms with Crippen molar-refractivity contribution in [1.29, 1.82) is 0 Å². The SMILES string of the molecule is Cc1cc(C)c2nc(C)cc(Nc3cccc4ccccc34)c2c1. The van der Waals surface area contributed by atoms with Gasteiger partial charge in [0.05, 0.1) is 5.52 Å². The number of benzene rings is 3. The number of aromatic nitrogens is 1. The summed E-state index contributed by atoms with van der Waals surface area (Å²) in [6, 6.07) is 21.4. The largest absolute Gasteiger partial charge is 0.354 e. The monoisotopic (exact) mass is 312 g/mol. The smallest absolute Gasteiger partial charge is 0.0755 e. The summed E-state index contributed by atoms with van der Waals surface area (Å²) in [5, 5.41) is 7.29. The molecule has 4 rings (SSSR count). The lowest BCUT2D eigenvalue weighted by Crippen LogP contribution is -1.97. The lowest BCUT2D eigenvalue weighted by atomic mass is 10.0. The second-order valence-electron chi connectivity index (χ2n) is 6.44. The highest BCUT2D eigenvalue weighted by molar-refractivity contribution is 6.00. The van der Waals surface area contributed by atoms with Crippen molar-refractivity contribution < 1.29 is 0 Å². The topological polar surface area (TPSA) is 24.9 Å². The maximum absolute atomic E-state index is 4.74. The number of nitrogens with zero attached hydrogens (tertiary/aromatic N) is 1. The van der Waals surface area contributed by atoms with Crippen LogP contribution in [0.2, 0.25) is 0 Å². The van der Waals surface area contributed by atoms with Crippen molar-refractivity contribution in [3.8, 4) is 0 Å². The fraction of sp³-hybridized carbons (Fsp3) is 0.136. The Morgan fingerprint density at radius 3 is 2.42 bits per heavy atom. The molecule has 2 heteroatoms. The van der Waals surface area contributed by atoms with Crippen LogP contribution in [0.4, 0.5) is 11.4 Å². The third-order valence-electron chi connectivity index (χ3n) is 4.44. The summed E-state index contributed by atoms with van der Waals surface area (Å²) >= 11 is 0. The first-order valence-electron chi connectivity index (χ1n) is 8.25. The minimum absolute atomic E-state index is 1.03. The van der Waals surface area contributed by atoms with Crippen LogP contribution in [0.25, 0.3) is 21.7 Å². The Bertz CT molecular complexity index is 1060. The molecule has 3 aromatic carbocycles. The number of fused-ring (bicyclic) bond motifs is 2. The second kappa shape index (κ2) is 5.64. The predicted octanol–water partition coefficient (Wildman–Crippen LogP) is 6.06. The van der Waals surface area contributed by atoms with E-state index in [2.05, 4.69) is 79.8 Å². The lowest BCUT2D eigenvalue weighted by Gasteiger charge is -2.14. The quantitative estimate of drug-likeness (QED) is 0.487. The average molecular weight is 312 g/mol. The van der Waals surface area contributed by atoms with E-state index in [-0.39, 0.29) is 0 Å². The highest BCUT2D eigenvalue weighted by atomic mass is 14.9. The fourth-order valence-electron chi connectivity index (χ4n) is 3.39. The maximum Gasteiger partial charge on any atom is 0.0755 e. The standard InChI is InChI=1S/C22H20N2/c1-14-11-15(2)22-19(12-14)21(13-16(3)23-22)24-20-10-6-8-17-7-4-5-9-18(17)20/h4-13H,1-3H3,(H,23,24). The molecule has 0 amide bonds. The Labute approximate surface area is 142 Å². The van der Waals surface area contributed by atoms with Crippen molar-refractivity contribution in [3.05, 3.63) is 77.5 Å². The highest BCUT2D eigenvalue weighted by Crippen LogP contribution is 2.32. The van der Waals surface area contributed by atoms with Gasteiger partial charge in [-0.2, -0.15) is 0 Å². The molecule has 0 aliphatic heterocycles. The van der Waals surface area contributed by atoms with Crippen LogP contribution in [0.3, 0.4) is 0 Å². The van der Waals surface area contributed by atoms with Gasteiger partial charge < -0.3 is 5.32 Å².